The third-order valence-corrected chi connectivity index (χ3v) is 6.02. The van der Waals surface area contributed by atoms with E-state index in [-0.39, 0.29) is 30.0 Å². The zero-order valence-corrected chi connectivity index (χ0v) is 20.0. The molecule has 0 spiro atoms. The summed E-state index contributed by atoms with van der Waals surface area (Å²) in [5.41, 5.74) is 0.269. The fraction of sp³-hybridized carbons (Fsp3) is 0.625. The van der Waals surface area contributed by atoms with E-state index < -0.39 is 5.60 Å². The first kappa shape index (κ1) is 23.6. The molecular formula is C24H33FN4O4. The van der Waals surface area contributed by atoms with Crippen LogP contribution in [0.3, 0.4) is 0 Å². The minimum atomic E-state index is -0.579. The molecule has 1 aromatic carbocycles. The number of nitrogens with zero attached hydrogens (tertiary/aromatic N) is 4. The van der Waals surface area contributed by atoms with E-state index in [1.807, 2.05) is 27.7 Å². The molecule has 8 nitrogen and oxygen atoms in total. The van der Waals surface area contributed by atoms with Crippen LogP contribution in [0.5, 0.6) is 0 Å². The van der Waals surface area contributed by atoms with Gasteiger partial charge < -0.3 is 18.9 Å². The van der Waals surface area contributed by atoms with Crippen LogP contribution >= 0.6 is 0 Å². The summed E-state index contributed by atoms with van der Waals surface area (Å²) in [6, 6.07) is 5.71. The first-order valence-electron chi connectivity index (χ1n) is 11.5. The molecule has 0 N–H and O–H groups in total. The summed E-state index contributed by atoms with van der Waals surface area (Å²) in [6.45, 7) is 8.92. The van der Waals surface area contributed by atoms with Gasteiger partial charge in [0.05, 0.1) is 12.6 Å². The lowest BCUT2D eigenvalue weighted by Gasteiger charge is -2.47. The van der Waals surface area contributed by atoms with Crippen molar-refractivity contribution in [1.82, 2.24) is 19.9 Å². The van der Waals surface area contributed by atoms with E-state index >= 15 is 0 Å². The Kier molecular flexibility index (Phi) is 6.72. The highest BCUT2D eigenvalue weighted by Gasteiger charge is 2.42. The van der Waals surface area contributed by atoms with E-state index in [9.17, 15) is 9.18 Å². The topological polar surface area (TPSA) is 80.9 Å². The molecule has 0 radical (unpaired) electrons. The number of ether oxygens (including phenoxy) is 2. The maximum atomic E-state index is 13.7. The van der Waals surface area contributed by atoms with Gasteiger partial charge in [-0.15, -0.1) is 0 Å². The second kappa shape index (κ2) is 9.38. The van der Waals surface area contributed by atoms with Gasteiger partial charge in [0.25, 0.3) is 0 Å². The van der Waals surface area contributed by atoms with Crippen molar-refractivity contribution in [2.24, 2.45) is 0 Å². The molecule has 2 fully saturated rings. The van der Waals surface area contributed by atoms with Crippen LogP contribution in [0.25, 0.3) is 0 Å². The van der Waals surface area contributed by atoms with Gasteiger partial charge in [0, 0.05) is 32.2 Å². The number of carbonyl (C=O) groups is 1. The fourth-order valence-electron chi connectivity index (χ4n) is 4.28. The number of aromatic nitrogens is 2. The Labute approximate surface area is 194 Å². The average Bonchev–Trinajstić information content (AvgIpc) is 3.48. The second-order valence-corrected chi connectivity index (χ2v) is 10.0. The summed E-state index contributed by atoms with van der Waals surface area (Å²) in [5.74, 6) is 1.25. The third kappa shape index (κ3) is 5.52. The molecule has 1 aromatic heterocycles. The van der Waals surface area contributed by atoms with Gasteiger partial charge in [-0.1, -0.05) is 17.3 Å². The van der Waals surface area contributed by atoms with Crippen molar-refractivity contribution in [3.8, 4) is 0 Å². The number of benzene rings is 1. The molecule has 3 atom stereocenters. The molecule has 2 heterocycles. The first-order valence-corrected chi connectivity index (χ1v) is 11.5. The van der Waals surface area contributed by atoms with Gasteiger partial charge in [0.1, 0.15) is 17.5 Å². The van der Waals surface area contributed by atoms with E-state index in [1.165, 1.54) is 12.1 Å². The standard InChI is InChI=1S/C24H33FN4O4/c1-15-12-29(19(14-31-5)13-28(15)23(30)32-24(2,3)4)20(16-8-10-18(25)11-9-16)22-26-21(27-33-22)17-6-7-17/h8-11,15,17,19-20H,6-7,12-14H2,1-5H3/t15-,19-,20?/m0/s1. The number of rotatable bonds is 6. The molecule has 180 valence electrons. The van der Waals surface area contributed by atoms with Crippen molar-refractivity contribution in [2.75, 3.05) is 26.8 Å². The Bertz CT molecular complexity index is 954. The minimum absolute atomic E-state index is 0.123. The van der Waals surface area contributed by atoms with Crippen molar-refractivity contribution < 1.29 is 23.2 Å². The Morgan fingerprint density at radius 1 is 1.24 bits per heavy atom. The van der Waals surface area contributed by atoms with E-state index in [1.54, 1.807) is 24.1 Å². The lowest BCUT2D eigenvalue weighted by Crippen LogP contribution is -2.61. The molecule has 9 heteroatoms. The summed E-state index contributed by atoms with van der Waals surface area (Å²) in [5, 5.41) is 4.21. The van der Waals surface area contributed by atoms with Gasteiger partial charge in [-0.05, 0) is 58.2 Å². The normalized spacial score (nSPS) is 22.9. The van der Waals surface area contributed by atoms with Gasteiger partial charge in [0.2, 0.25) is 5.89 Å². The number of methoxy groups -OCH3 is 1. The van der Waals surface area contributed by atoms with Crippen molar-refractivity contribution >= 4 is 6.09 Å². The lowest BCUT2D eigenvalue weighted by molar-refractivity contribution is -0.0379. The lowest BCUT2D eigenvalue weighted by atomic mass is 9.99. The number of halogens is 1. The van der Waals surface area contributed by atoms with Crippen LogP contribution in [-0.2, 0) is 9.47 Å². The van der Waals surface area contributed by atoms with E-state index in [4.69, 9.17) is 19.0 Å². The largest absolute Gasteiger partial charge is 0.444 e. The molecule has 33 heavy (non-hydrogen) atoms. The predicted molar refractivity (Wildman–Crippen MR) is 119 cm³/mol. The van der Waals surface area contributed by atoms with Crippen LogP contribution in [-0.4, -0.2) is 70.5 Å². The number of hydrogen-bond donors (Lipinski definition) is 0. The van der Waals surface area contributed by atoms with Crippen molar-refractivity contribution in [1.29, 1.82) is 0 Å². The zero-order valence-electron chi connectivity index (χ0n) is 20.0. The number of carbonyl (C=O) groups excluding carboxylic acids is 1. The van der Waals surface area contributed by atoms with E-state index in [0.717, 1.165) is 24.2 Å². The number of hydrogen-bond acceptors (Lipinski definition) is 7. The maximum Gasteiger partial charge on any atom is 0.410 e. The van der Waals surface area contributed by atoms with Gasteiger partial charge in [-0.3, -0.25) is 4.90 Å². The van der Waals surface area contributed by atoms with Gasteiger partial charge >= 0.3 is 6.09 Å². The van der Waals surface area contributed by atoms with Crippen molar-refractivity contribution in [3.63, 3.8) is 0 Å². The summed E-state index contributed by atoms with van der Waals surface area (Å²) in [4.78, 5) is 21.5. The van der Waals surface area contributed by atoms with Crippen LogP contribution in [0.15, 0.2) is 28.8 Å². The molecule has 1 saturated heterocycles. The smallest absolute Gasteiger partial charge is 0.410 e. The highest BCUT2D eigenvalue weighted by Crippen LogP contribution is 2.40. The molecule has 1 amide bonds. The van der Waals surface area contributed by atoms with E-state index in [0.29, 0.717) is 31.5 Å². The molecule has 1 aliphatic heterocycles. The summed E-state index contributed by atoms with van der Waals surface area (Å²) in [7, 11) is 1.64. The summed E-state index contributed by atoms with van der Waals surface area (Å²) in [6.07, 6.45) is 1.79. The molecule has 2 aromatic rings. The van der Waals surface area contributed by atoms with Crippen LogP contribution < -0.4 is 0 Å². The molecule has 1 aliphatic carbocycles. The van der Waals surface area contributed by atoms with E-state index in [2.05, 4.69) is 10.1 Å². The monoisotopic (exact) mass is 460 g/mol. The van der Waals surface area contributed by atoms with Crippen LogP contribution in [0, 0.1) is 5.82 Å². The average molecular weight is 461 g/mol. The second-order valence-electron chi connectivity index (χ2n) is 10.0. The minimum Gasteiger partial charge on any atom is -0.444 e. The highest BCUT2D eigenvalue weighted by atomic mass is 19.1. The van der Waals surface area contributed by atoms with Gasteiger partial charge in [-0.25, -0.2) is 9.18 Å². The van der Waals surface area contributed by atoms with Crippen LogP contribution in [0.1, 0.15) is 69.8 Å². The molecule has 1 saturated carbocycles. The molecule has 4 rings (SSSR count). The quantitative estimate of drug-likeness (QED) is 0.641. The Morgan fingerprint density at radius 3 is 2.55 bits per heavy atom. The Balaban J connectivity index is 1.66. The first-order chi connectivity index (χ1) is 15.7. The van der Waals surface area contributed by atoms with Crippen LogP contribution in [0.2, 0.25) is 0 Å². The summed E-state index contributed by atoms with van der Waals surface area (Å²) >= 11 is 0. The summed E-state index contributed by atoms with van der Waals surface area (Å²) < 4.78 is 30.6. The third-order valence-electron chi connectivity index (χ3n) is 6.02. The fourth-order valence-corrected chi connectivity index (χ4v) is 4.28. The van der Waals surface area contributed by atoms with Gasteiger partial charge in [-0.2, -0.15) is 4.98 Å². The number of piperazine rings is 1. The van der Waals surface area contributed by atoms with Crippen molar-refractivity contribution in [2.45, 2.75) is 70.2 Å². The zero-order chi connectivity index (χ0) is 23.8. The highest BCUT2D eigenvalue weighted by molar-refractivity contribution is 5.68. The SMILES string of the molecule is COC[C@@H]1CN(C(=O)OC(C)(C)C)[C@@H](C)CN1C(c1ccc(F)cc1)c1nc(C2CC2)no1. The predicted octanol–water partition coefficient (Wildman–Crippen LogP) is 4.13. The Hall–Kier alpha value is -2.52. The molecule has 2 aliphatic rings. The van der Waals surface area contributed by atoms with Crippen LogP contribution in [0.4, 0.5) is 9.18 Å². The maximum absolute atomic E-state index is 13.7. The molecule has 1 unspecified atom stereocenters. The Morgan fingerprint density at radius 2 is 1.94 bits per heavy atom. The number of amides is 1. The molecule has 0 bridgehead atoms. The van der Waals surface area contributed by atoms with Crippen molar-refractivity contribution in [3.05, 3.63) is 47.4 Å². The molecular weight excluding hydrogens is 427 g/mol. The van der Waals surface area contributed by atoms with Gasteiger partial charge in [0.15, 0.2) is 5.82 Å².